The molecule has 0 aromatic heterocycles. The first kappa shape index (κ1) is 15.2. The smallest absolute Gasteiger partial charge is 0.0674 e. The topological polar surface area (TPSA) is 44.7 Å². The number of morpholine rings is 1. The van der Waals surface area contributed by atoms with Crippen LogP contribution in [0.25, 0.3) is 0 Å². The number of nitrogens with zero attached hydrogens (tertiary/aromatic N) is 1. The van der Waals surface area contributed by atoms with E-state index in [2.05, 4.69) is 24.1 Å². The number of hydrogen-bond acceptors (Lipinski definition) is 4. The van der Waals surface area contributed by atoms with Gasteiger partial charge in [-0.15, -0.1) is 0 Å². The van der Waals surface area contributed by atoms with E-state index in [-0.39, 0.29) is 12.1 Å². The maximum Gasteiger partial charge on any atom is 0.0674 e. The summed E-state index contributed by atoms with van der Waals surface area (Å²) in [5.74, 6) is 0.604. The van der Waals surface area contributed by atoms with Crippen molar-refractivity contribution >= 4 is 0 Å². The molecule has 0 radical (unpaired) electrons. The van der Waals surface area contributed by atoms with E-state index in [0.29, 0.717) is 18.1 Å². The SMILES string of the molecule is CNC1(CO)CCCC1CCN1CC(C)OCC1C. The first-order chi connectivity index (χ1) is 9.11. The van der Waals surface area contributed by atoms with Gasteiger partial charge in [-0.1, -0.05) is 6.42 Å². The molecule has 4 heteroatoms. The third-order valence-electron chi connectivity index (χ3n) is 5.24. The van der Waals surface area contributed by atoms with E-state index in [1.165, 1.54) is 19.3 Å². The first-order valence-corrected chi connectivity index (χ1v) is 7.76. The molecule has 2 fully saturated rings. The molecule has 0 amide bonds. The molecule has 19 heavy (non-hydrogen) atoms. The van der Waals surface area contributed by atoms with Crippen molar-refractivity contribution in [2.75, 3.05) is 33.4 Å². The Balaban J connectivity index is 1.87. The standard InChI is InChI=1S/C15H30N2O2/c1-12-10-19-13(2)9-17(12)8-6-14-5-4-7-15(14,11-18)16-3/h12-14,16,18H,4-11H2,1-3H3. The fraction of sp³-hybridized carbons (Fsp3) is 1.00. The van der Waals surface area contributed by atoms with Crippen LogP contribution in [0.5, 0.6) is 0 Å². The molecule has 0 spiro atoms. The van der Waals surface area contributed by atoms with Crippen LogP contribution < -0.4 is 5.32 Å². The highest BCUT2D eigenvalue weighted by atomic mass is 16.5. The lowest BCUT2D eigenvalue weighted by Crippen LogP contribution is -2.52. The number of hydrogen-bond donors (Lipinski definition) is 2. The minimum Gasteiger partial charge on any atom is -0.394 e. The molecule has 112 valence electrons. The van der Waals surface area contributed by atoms with E-state index in [9.17, 15) is 5.11 Å². The van der Waals surface area contributed by atoms with Crippen molar-refractivity contribution < 1.29 is 9.84 Å². The molecule has 4 nitrogen and oxygen atoms in total. The zero-order chi connectivity index (χ0) is 13.9. The number of likely N-dealkylation sites (N-methyl/N-ethyl adjacent to an activating group) is 1. The van der Waals surface area contributed by atoms with Gasteiger partial charge in [-0.3, -0.25) is 4.90 Å². The number of aliphatic hydroxyl groups is 1. The van der Waals surface area contributed by atoms with Gasteiger partial charge in [-0.2, -0.15) is 0 Å². The van der Waals surface area contributed by atoms with Gasteiger partial charge in [-0.05, 0) is 52.6 Å². The Morgan fingerprint density at radius 3 is 2.89 bits per heavy atom. The molecule has 2 N–H and O–H groups in total. The van der Waals surface area contributed by atoms with Crippen LogP contribution in [0.1, 0.15) is 39.5 Å². The molecule has 1 saturated carbocycles. The van der Waals surface area contributed by atoms with E-state index in [1.807, 2.05) is 7.05 Å². The second kappa shape index (κ2) is 6.53. The Hall–Kier alpha value is -0.160. The molecule has 0 aromatic carbocycles. The summed E-state index contributed by atoms with van der Waals surface area (Å²) in [5.41, 5.74) is -0.0266. The summed E-state index contributed by atoms with van der Waals surface area (Å²) in [6, 6.07) is 0.524. The maximum atomic E-state index is 9.72. The van der Waals surface area contributed by atoms with E-state index in [1.54, 1.807) is 0 Å². The van der Waals surface area contributed by atoms with Crippen LogP contribution in [0, 0.1) is 5.92 Å². The first-order valence-electron chi connectivity index (χ1n) is 7.76. The van der Waals surface area contributed by atoms with Gasteiger partial charge in [0, 0.05) is 18.1 Å². The highest BCUT2D eigenvalue weighted by Gasteiger charge is 2.41. The third-order valence-corrected chi connectivity index (χ3v) is 5.24. The summed E-state index contributed by atoms with van der Waals surface area (Å²) in [6.45, 7) is 7.69. The summed E-state index contributed by atoms with van der Waals surface area (Å²) >= 11 is 0. The van der Waals surface area contributed by atoms with Crippen LogP contribution in [-0.2, 0) is 4.74 Å². The van der Waals surface area contributed by atoms with Crippen molar-refractivity contribution in [3.63, 3.8) is 0 Å². The van der Waals surface area contributed by atoms with E-state index in [4.69, 9.17) is 4.74 Å². The summed E-state index contributed by atoms with van der Waals surface area (Å²) in [7, 11) is 1.99. The highest BCUT2D eigenvalue weighted by Crippen LogP contribution is 2.37. The summed E-state index contributed by atoms with van der Waals surface area (Å²) in [4.78, 5) is 2.55. The molecule has 0 bridgehead atoms. The molecule has 2 rings (SSSR count). The average Bonchev–Trinajstić information content (AvgIpc) is 2.83. The Bertz CT molecular complexity index is 281. The lowest BCUT2D eigenvalue weighted by Gasteiger charge is -2.39. The molecule has 1 aliphatic carbocycles. The van der Waals surface area contributed by atoms with Crippen molar-refractivity contribution in [2.24, 2.45) is 5.92 Å². The fourth-order valence-electron chi connectivity index (χ4n) is 3.79. The molecular formula is C15H30N2O2. The zero-order valence-corrected chi connectivity index (χ0v) is 12.7. The average molecular weight is 270 g/mol. The number of ether oxygens (including phenoxy) is 1. The van der Waals surface area contributed by atoms with Crippen molar-refractivity contribution in [1.82, 2.24) is 10.2 Å². The van der Waals surface area contributed by atoms with E-state index < -0.39 is 0 Å². The molecule has 4 unspecified atom stereocenters. The van der Waals surface area contributed by atoms with Gasteiger partial charge in [0.05, 0.1) is 19.3 Å². The van der Waals surface area contributed by atoms with E-state index in [0.717, 1.165) is 26.1 Å². The number of nitrogens with one attached hydrogen (secondary N) is 1. The van der Waals surface area contributed by atoms with Crippen LogP contribution in [-0.4, -0.2) is 61.0 Å². The highest BCUT2D eigenvalue weighted by molar-refractivity contribution is 4.98. The van der Waals surface area contributed by atoms with Gasteiger partial charge in [-0.25, -0.2) is 0 Å². The maximum absolute atomic E-state index is 9.72. The van der Waals surface area contributed by atoms with Gasteiger partial charge < -0.3 is 15.2 Å². The summed E-state index contributed by atoms with van der Waals surface area (Å²) < 4.78 is 5.68. The van der Waals surface area contributed by atoms with Crippen LogP contribution >= 0.6 is 0 Å². The van der Waals surface area contributed by atoms with Crippen molar-refractivity contribution in [2.45, 2.75) is 57.2 Å². The Morgan fingerprint density at radius 2 is 2.21 bits per heavy atom. The minimum absolute atomic E-state index is 0.0266. The Morgan fingerprint density at radius 1 is 1.42 bits per heavy atom. The second-order valence-corrected chi connectivity index (χ2v) is 6.43. The molecular weight excluding hydrogens is 240 g/mol. The molecule has 2 aliphatic rings. The van der Waals surface area contributed by atoms with Gasteiger partial charge in [0.25, 0.3) is 0 Å². The largest absolute Gasteiger partial charge is 0.394 e. The van der Waals surface area contributed by atoms with Gasteiger partial charge >= 0.3 is 0 Å². The molecule has 1 heterocycles. The van der Waals surface area contributed by atoms with Gasteiger partial charge in [0.1, 0.15) is 0 Å². The lowest BCUT2D eigenvalue weighted by atomic mass is 9.85. The lowest BCUT2D eigenvalue weighted by molar-refractivity contribution is -0.0519. The monoisotopic (exact) mass is 270 g/mol. The van der Waals surface area contributed by atoms with Gasteiger partial charge in [0.15, 0.2) is 0 Å². The normalized spacial score (nSPS) is 40.7. The predicted octanol–water partition coefficient (Wildman–Crippen LogP) is 1.24. The number of aliphatic hydroxyl groups excluding tert-OH is 1. The summed E-state index contributed by atoms with van der Waals surface area (Å²) in [6.07, 6.45) is 5.13. The molecule has 4 atom stereocenters. The van der Waals surface area contributed by atoms with Crippen LogP contribution in [0.15, 0.2) is 0 Å². The van der Waals surface area contributed by atoms with E-state index >= 15 is 0 Å². The van der Waals surface area contributed by atoms with Crippen molar-refractivity contribution in [1.29, 1.82) is 0 Å². The Kier molecular flexibility index (Phi) is 5.23. The van der Waals surface area contributed by atoms with Crippen LogP contribution in [0.4, 0.5) is 0 Å². The Labute approximate surface area is 117 Å². The van der Waals surface area contributed by atoms with Crippen molar-refractivity contribution in [3.05, 3.63) is 0 Å². The van der Waals surface area contributed by atoms with Crippen LogP contribution in [0.2, 0.25) is 0 Å². The molecule has 0 aromatic rings. The predicted molar refractivity (Wildman–Crippen MR) is 77.3 cm³/mol. The van der Waals surface area contributed by atoms with Gasteiger partial charge in [0.2, 0.25) is 0 Å². The third kappa shape index (κ3) is 3.30. The summed E-state index contributed by atoms with van der Waals surface area (Å²) in [5, 5.41) is 13.1. The molecule has 1 aliphatic heterocycles. The second-order valence-electron chi connectivity index (χ2n) is 6.43. The minimum atomic E-state index is -0.0266. The zero-order valence-electron chi connectivity index (χ0n) is 12.7. The number of rotatable bonds is 5. The van der Waals surface area contributed by atoms with Crippen molar-refractivity contribution in [3.8, 4) is 0 Å². The molecule has 1 saturated heterocycles. The van der Waals surface area contributed by atoms with Crippen LogP contribution in [0.3, 0.4) is 0 Å². The fourth-order valence-corrected chi connectivity index (χ4v) is 3.79. The quantitative estimate of drug-likeness (QED) is 0.789.